The van der Waals surface area contributed by atoms with Crippen molar-refractivity contribution in [2.24, 2.45) is 0 Å². The average Bonchev–Trinajstić information content (AvgIpc) is 2.70. The van der Waals surface area contributed by atoms with Crippen molar-refractivity contribution in [3.05, 3.63) is 30.3 Å². The molecule has 1 saturated heterocycles. The van der Waals surface area contributed by atoms with E-state index in [1.807, 2.05) is 0 Å². The topological polar surface area (TPSA) is 156 Å². The van der Waals surface area contributed by atoms with Gasteiger partial charge >= 0.3 is 29.9 Å². The van der Waals surface area contributed by atoms with Gasteiger partial charge in [0.2, 0.25) is 0 Å². The van der Waals surface area contributed by atoms with Crippen molar-refractivity contribution in [3.63, 3.8) is 0 Å². The summed E-state index contributed by atoms with van der Waals surface area (Å²) in [6.07, 6.45) is -6.56. The Labute approximate surface area is 189 Å². The lowest BCUT2D eigenvalue weighted by Crippen LogP contribution is -2.66. The number of carbonyl (C=O) groups is 5. The van der Waals surface area contributed by atoms with Crippen LogP contribution in [0.25, 0.3) is 0 Å². The molecule has 180 valence electrons. The number of nitrogens with one attached hydrogen (secondary N) is 2. The molecule has 12 nitrogen and oxygen atoms in total. The van der Waals surface area contributed by atoms with E-state index >= 15 is 0 Å². The Morgan fingerprint density at radius 1 is 0.788 bits per heavy atom. The summed E-state index contributed by atoms with van der Waals surface area (Å²) in [5.74, 6) is -2.92. The van der Waals surface area contributed by atoms with Gasteiger partial charge in [0.25, 0.3) is 0 Å². The summed E-state index contributed by atoms with van der Waals surface area (Å²) in [7, 11) is 0. The van der Waals surface area contributed by atoms with Crippen molar-refractivity contribution >= 4 is 35.6 Å². The molecule has 5 atom stereocenters. The zero-order valence-electron chi connectivity index (χ0n) is 18.6. The molecule has 1 aromatic rings. The van der Waals surface area contributed by atoms with Crippen LogP contribution >= 0.6 is 0 Å². The molecule has 0 radical (unpaired) electrons. The molecule has 0 aliphatic carbocycles. The standard InChI is InChI=1S/C21H26N2O10/c1-11(24)29-10-16-17(30-12(2)25)18(31-13(3)26)19(32-14(4)27)20(33-16)23-21(28)22-15-8-6-5-7-9-15/h5-9,16-20H,10H2,1-4H3,(H2,22,23,28)/t16-,17-,18+,19-,20-/m1/s1. The highest BCUT2D eigenvalue weighted by molar-refractivity contribution is 5.89. The molecule has 1 aliphatic heterocycles. The van der Waals surface area contributed by atoms with Crippen LogP contribution in [0.2, 0.25) is 0 Å². The number of benzene rings is 1. The van der Waals surface area contributed by atoms with Gasteiger partial charge in [0.05, 0.1) is 0 Å². The number of ether oxygens (including phenoxy) is 5. The predicted molar refractivity (Wildman–Crippen MR) is 111 cm³/mol. The van der Waals surface area contributed by atoms with Crippen molar-refractivity contribution < 1.29 is 47.7 Å². The average molecular weight is 466 g/mol. The number of hydrogen-bond donors (Lipinski definition) is 2. The molecule has 0 aromatic heterocycles. The third-order valence-electron chi connectivity index (χ3n) is 4.30. The van der Waals surface area contributed by atoms with E-state index in [1.54, 1.807) is 30.3 Å². The lowest BCUT2D eigenvalue weighted by atomic mass is 9.97. The molecule has 0 unspecified atom stereocenters. The molecule has 12 heteroatoms. The van der Waals surface area contributed by atoms with Gasteiger partial charge in [-0.05, 0) is 12.1 Å². The van der Waals surface area contributed by atoms with Gasteiger partial charge in [-0.2, -0.15) is 0 Å². The third kappa shape index (κ3) is 8.07. The second kappa shape index (κ2) is 11.8. The monoisotopic (exact) mass is 466 g/mol. The number of hydrogen-bond acceptors (Lipinski definition) is 10. The Kier molecular flexibility index (Phi) is 9.16. The van der Waals surface area contributed by atoms with Gasteiger partial charge in [-0.3, -0.25) is 19.2 Å². The Balaban J connectivity index is 2.35. The first kappa shape index (κ1) is 25.6. The molecule has 2 rings (SSSR count). The van der Waals surface area contributed by atoms with E-state index in [4.69, 9.17) is 23.7 Å². The SMILES string of the molecule is CC(=O)OC[C@H]1O[C@@H](NC(=O)Nc2ccccc2)[C@H](OC(C)=O)[C@@H](OC(C)=O)[C@@H]1OC(C)=O. The molecule has 1 heterocycles. The van der Waals surface area contributed by atoms with Crippen LogP contribution in [0, 0.1) is 0 Å². The smallest absolute Gasteiger partial charge is 0.321 e. The van der Waals surface area contributed by atoms with E-state index in [0.29, 0.717) is 5.69 Å². The molecule has 0 bridgehead atoms. The first-order valence-electron chi connectivity index (χ1n) is 10.00. The van der Waals surface area contributed by atoms with Gasteiger partial charge in [0.1, 0.15) is 12.7 Å². The molecular weight excluding hydrogens is 440 g/mol. The highest BCUT2D eigenvalue weighted by atomic mass is 16.7. The fourth-order valence-electron chi connectivity index (χ4n) is 3.16. The summed E-state index contributed by atoms with van der Waals surface area (Å²) in [5, 5.41) is 5.07. The van der Waals surface area contributed by atoms with Crippen LogP contribution < -0.4 is 10.6 Å². The molecular formula is C21H26N2O10. The predicted octanol–water partition coefficient (Wildman–Crippen LogP) is 0.891. The summed E-state index contributed by atoms with van der Waals surface area (Å²) in [5.41, 5.74) is 0.473. The first-order valence-corrected chi connectivity index (χ1v) is 10.00. The van der Waals surface area contributed by atoms with Crippen LogP contribution in [-0.2, 0) is 42.9 Å². The van der Waals surface area contributed by atoms with Gasteiger partial charge in [-0.1, -0.05) is 18.2 Å². The quantitative estimate of drug-likeness (QED) is 0.437. The van der Waals surface area contributed by atoms with Crippen molar-refractivity contribution in [1.82, 2.24) is 5.32 Å². The molecule has 0 saturated carbocycles. The Morgan fingerprint density at radius 2 is 1.33 bits per heavy atom. The van der Waals surface area contributed by atoms with Crippen molar-refractivity contribution in [3.8, 4) is 0 Å². The van der Waals surface area contributed by atoms with Crippen molar-refractivity contribution in [2.75, 3.05) is 11.9 Å². The molecule has 1 fully saturated rings. The summed E-state index contributed by atoms with van der Waals surface area (Å²) >= 11 is 0. The lowest BCUT2D eigenvalue weighted by molar-refractivity contribution is -0.255. The highest BCUT2D eigenvalue weighted by Crippen LogP contribution is 2.28. The normalized spacial score (nSPS) is 24.1. The molecule has 2 amide bonds. The Morgan fingerprint density at radius 3 is 1.88 bits per heavy atom. The van der Waals surface area contributed by atoms with E-state index in [2.05, 4.69) is 10.6 Å². The zero-order chi connectivity index (χ0) is 24.5. The largest absolute Gasteiger partial charge is 0.463 e. The van der Waals surface area contributed by atoms with Crippen LogP contribution in [0.3, 0.4) is 0 Å². The highest BCUT2D eigenvalue weighted by Gasteiger charge is 2.52. The van der Waals surface area contributed by atoms with Crippen LogP contribution in [0.4, 0.5) is 10.5 Å². The van der Waals surface area contributed by atoms with Gasteiger partial charge in [-0.15, -0.1) is 0 Å². The van der Waals surface area contributed by atoms with Crippen LogP contribution in [-0.4, -0.2) is 67.2 Å². The fourth-order valence-corrected chi connectivity index (χ4v) is 3.16. The third-order valence-corrected chi connectivity index (χ3v) is 4.30. The van der Waals surface area contributed by atoms with Crippen LogP contribution in [0.1, 0.15) is 27.7 Å². The van der Waals surface area contributed by atoms with Gasteiger partial charge in [0, 0.05) is 33.4 Å². The summed E-state index contributed by atoms with van der Waals surface area (Å²) < 4.78 is 26.6. The number of carbonyl (C=O) groups excluding carboxylic acids is 5. The molecule has 1 aromatic carbocycles. The number of esters is 4. The van der Waals surface area contributed by atoms with E-state index in [-0.39, 0.29) is 0 Å². The zero-order valence-corrected chi connectivity index (χ0v) is 18.6. The number of anilines is 1. The number of para-hydroxylation sites is 1. The molecule has 0 spiro atoms. The summed E-state index contributed by atoms with van der Waals surface area (Å²) in [6, 6.07) is 7.76. The molecule has 2 N–H and O–H groups in total. The summed E-state index contributed by atoms with van der Waals surface area (Å²) in [6.45, 7) is 4.11. The van der Waals surface area contributed by atoms with E-state index in [0.717, 1.165) is 27.7 Å². The summed E-state index contributed by atoms with van der Waals surface area (Å²) in [4.78, 5) is 59.1. The van der Waals surface area contributed by atoms with E-state index in [9.17, 15) is 24.0 Å². The first-order chi connectivity index (χ1) is 15.6. The Bertz CT molecular complexity index is 875. The van der Waals surface area contributed by atoms with E-state index < -0.39 is 67.2 Å². The lowest BCUT2D eigenvalue weighted by Gasteiger charge is -2.44. The second-order valence-corrected chi connectivity index (χ2v) is 7.08. The maximum absolute atomic E-state index is 12.6. The fraction of sp³-hybridized carbons (Fsp3) is 0.476. The molecule has 1 aliphatic rings. The van der Waals surface area contributed by atoms with Crippen LogP contribution in [0.15, 0.2) is 30.3 Å². The number of urea groups is 1. The van der Waals surface area contributed by atoms with Crippen molar-refractivity contribution in [2.45, 2.75) is 58.3 Å². The number of amides is 2. The maximum Gasteiger partial charge on any atom is 0.321 e. The second-order valence-electron chi connectivity index (χ2n) is 7.08. The van der Waals surface area contributed by atoms with Gasteiger partial charge in [-0.25, -0.2) is 4.79 Å². The van der Waals surface area contributed by atoms with E-state index in [1.165, 1.54) is 0 Å². The minimum absolute atomic E-state index is 0.393. The Hall–Kier alpha value is -3.67. The number of rotatable bonds is 7. The minimum atomic E-state index is -1.38. The van der Waals surface area contributed by atoms with Gasteiger partial charge < -0.3 is 34.3 Å². The minimum Gasteiger partial charge on any atom is -0.463 e. The van der Waals surface area contributed by atoms with Crippen LogP contribution in [0.5, 0.6) is 0 Å². The molecule has 33 heavy (non-hydrogen) atoms. The maximum atomic E-state index is 12.6. The van der Waals surface area contributed by atoms with Gasteiger partial charge in [0.15, 0.2) is 24.5 Å². The van der Waals surface area contributed by atoms with Crippen molar-refractivity contribution in [1.29, 1.82) is 0 Å².